The molecule has 1 heterocycles. The average molecular weight is 369 g/mol. The highest BCUT2D eigenvalue weighted by Gasteiger charge is 2.36. The standard InChI is InChI=1S/C19H19N3O5/c1-25-14-9-8-12-15(27-18(23)16(12)17(14)26-2)10-13(21-22-19(20)24)11-6-4-3-5-7-11/h3-9,15H,10H2,1-2H3,(H3,20,22,24)/b21-13-/t15-/m0/s1. The number of carbonyl (C=O) groups is 2. The fourth-order valence-electron chi connectivity index (χ4n) is 2.98. The molecule has 0 fully saturated rings. The Morgan fingerprint density at radius 3 is 2.56 bits per heavy atom. The number of nitrogens with zero attached hydrogens (tertiary/aromatic N) is 1. The van der Waals surface area contributed by atoms with Crippen molar-refractivity contribution in [1.29, 1.82) is 0 Å². The van der Waals surface area contributed by atoms with Crippen LogP contribution in [0, 0.1) is 0 Å². The Morgan fingerprint density at radius 2 is 1.93 bits per heavy atom. The lowest BCUT2D eigenvalue weighted by Crippen LogP contribution is -2.26. The summed E-state index contributed by atoms with van der Waals surface area (Å²) in [5.74, 6) is 0.276. The monoisotopic (exact) mass is 369 g/mol. The predicted molar refractivity (Wildman–Crippen MR) is 98.0 cm³/mol. The van der Waals surface area contributed by atoms with Crippen LogP contribution in [0.2, 0.25) is 0 Å². The molecule has 0 unspecified atom stereocenters. The van der Waals surface area contributed by atoms with Crippen LogP contribution in [0.1, 0.15) is 34.0 Å². The highest BCUT2D eigenvalue weighted by atomic mass is 16.6. The van der Waals surface area contributed by atoms with Crippen molar-refractivity contribution in [2.24, 2.45) is 10.8 Å². The van der Waals surface area contributed by atoms with Crippen LogP contribution in [0.15, 0.2) is 47.6 Å². The van der Waals surface area contributed by atoms with Crippen molar-refractivity contribution >= 4 is 17.7 Å². The number of primary amides is 1. The van der Waals surface area contributed by atoms with E-state index in [1.54, 1.807) is 12.1 Å². The molecule has 1 aliphatic rings. The Labute approximate surface area is 155 Å². The summed E-state index contributed by atoms with van der Waals surface area (Å²) >= 11 is 0. The summed E-state index contributed by atoms with van der Waals surface area (Å²) in [4.78, 5) is 23.5. The first-order valence-corrected chi connectivity index (χ1v) is 8.18. The molecule has 0 spiro atoms. The molecule has 0 aliphatic carbocycles. The van der Waals surface area contributed by atoms with Crippen LogP contribution >= 0.6 is 0 Å². The van der Waals surface area contributed by atoms with Crippen molar-refractivity contribution < 1.29 is 23.8 Å². The SMILES string of the molecule is COc1ccc2c(c1OC)C(=O)O[C@H]2C/C(=N/NC(N)=O)c1ccccc1. The summed E-state index contributed by atoms with van der Waals surface area (Å²) in [7, 11) is 2.96. The molecule has 2 amide bonds. The molecule has 1 aliphatic heterocycles. The number of hydrogen-bond acceptors (Lipinski definition) is 6. The largest absolute Gasteiger partial charge is 0.493 e. The number of urea groups is 1. The third-order valence-electron chi connectivity index (χ3n) is 4.16. The van der Waals surface area contributed by atoms with Crippen molar-refractivity contribution in [3.8, 4) is 11.5 Å². The summed E-state index contributed by atoms with van der Waals surface area (Å²) in [6, 6.07) is 11.9. The van der Waals surface area contributed by atoms with Crippen LogP contribution in [-0.4, -0.2) is 31.9 Å². The van der Waals surface area contributed by atoms with E-state index in [1.807, 2.05) is 30.3 Å². The highest BCUT2D eigenvalue weighted by molar-refractivity contribution is 6.03. The van der Waals surface area contributed by atoms with Gasteiger partial charge in [-0.15, -0.1) is 0 Å². The average Bonchev–Trinajstić information content (AvgIpc) is 3.00. The molecular formula is C19H19N3O5. The zero-order valence-corrected chi connectivity index (χ0v) is 14.9. The molecule has 0 aromatic heterocycles. The van der Waals surface area contributed by atoms with E-state index < -0.39 is 18.1 Å². The van der Waals surface area contributed by atoms with Gasteiger partial charge in [0.2, 0.25) is 0 Å². The second kappa shape index (κ2) is 7.77. The molecule has 3 rings (SSSR count). The van der Waals surface area contributed by atoms with Crippen LogP contribution in [0.3, 0.4) is 0 Å². The molecule has 8 nitrogen and oxygen atoms in total. The molecule has 3 N–H and O–H groups in total. The number of nitrogens with two attached hydrogens (primary N) is 1. The molecule has 2 aromatic rings. The zero-order valence-electron chi connectivity index (χ0n) is 14.9. The maximum absolute atomic E-state index is 12.4. The van der Waals surface area contributed by atoms with Gasteiger partial charge in [0.25, 0.3) is 0 Å². The number of hydrazone groups is 1. The van der Waals surface area contributed by atoms with E-state index in [9.17, 15) is 9.59 Å². The molecule has 0 bridgehead atoms. The van der Waals surface area contributed by atoms with Gasteiger partial charge in [-0.05, 0) is 11.6 Å². The number of cyclic esters (lactones) is 1. The van der Waals surface area contributed by atoms with Crippen molar-refractivity contribution in [3.05, 3.63) is 59.2 Å². The van der Waals surface area contributed by atoms with Crippen molar-refractivity contribution in [3.63, 3.8) is 0 Å². The number of esters is 1. The van der Waals surface area contributed by atoms with Gasteiger partial charge >= 0.3 is 12.0 Å². The van der Waals surface area contributed by atoms with Crippen molar-refractivity contribution in [2.75, 3.05) is 14.2 Å². The lowest BCUT2D eigenvalue weighted by atomic mass is 9.97. The zero-order chi connectivity index (χ0) is 19.4. The third kappa shape index (κ3) is 3.69. The molecule has 0 saturated heterocycles. The minimum atomic E-state index is -0.779. The van der Waals surface area contributed by atoms with E-state index in [4.69, 9.17) is 19.9 Å². The van der Waals surface area contributed by atoms with Gasteiger partial charge in [-0.1, -0.05) is 36.4 Å². The number of hydrogen-bond donors (Lipinski definition) is 2. The maximum Gasteiger partial charge on any atom is 0.343 e. The van der Waals surface area contributed by atoms with E-state index in [0.717, 1.165) is 5.56 Å². The molecule has 27 heavy (non-hydrogen) atoms. The fraction of sp³-hybridized carbons (Fsp3) is 0.211. The summed E-state index contributed by atoms with van der Waals surface area (Å²) in [6.07, 6.45) is -0.334. The second-order valence-corrected chi connectivity index (χ2v) is 5.76. The molecular weight excluding hydrogens is 350 g/mol. The van der Waals surface area contributed by atoms with E-state index in [2.05, 4.69) is 10.5 Å². The molecule has 2 aromatic carbocycles. The lowest BCUT2D eigenvalue weighted by molar-refractivity contribution is 0.0398. The first-order chi connectivity index (χ1) is 13.0. The predicted octanol–water partition coefficient (Wildman–Crippen LogP) is 2.38. The van der Waals surface area contributed by atoms with Crippen LogP contribution in [0.25, 0.3) is 0 Å². The lowest BCUT2D eigenvalue weighted by Gasteiger charge is -2.14. The number of methoxy groups -OCH3 is 2. The van der Waals surface area contributed by atoms with Crippen LogP contribution < -0.4 is 20.6 Å². The Bertz CT molecular complexity index is 896. The van der Waals surface area contributed by atoms with E-state index in [0.29, 0.717) is 28.3 Å². The Hall–Kier alpha value is -3.55. The van der Waals surface area contributed by atoms with Crippen LogP contribution in [0.5, 0.6) is 11.5 Å². The first kappa shape index (κ1) is 18.2. The Morgan fingerprint density at radius 1 is 1.19 bits per heavy atom. The van der Waals surface area contributed by atoms with Gasteiger partial charge in [-0.2, -0.15) is 5.10 Å². The molecule has 8 heteroatoms. The molecule has 0 radical (unpaired) electrons. The Kier molecular flexibility index (Phi) is 5.25. The minimum Gasteiger partial charge on any atom is -0.493 e. The third-order valence-corrected chi connectivity index (χ3v) is 4.16. The summed E-state index contributed by atoms with van der Waals surface area (Å²) in [5, 5.41) is 4.08. The van der Waals surface area contributed by atoms with Crippen LogP contribution in [-0.2, 0) is 4.74 Å². The minimum absolute atomic E-state index is 0.249. The Balaban J connectivity index is 1.97. The number of fused-ring (bicyclic) bond motifs is 1. The number of benzene rings is 2. The van der Waals surface area contributed by atoms with Gasteiger partial charge in [-0.25, -0.2) is 15.0 Å². The van der Waals surface area contributed by atoms with Gasteiger partial charge in [0.1, 0.15) is 11.7 Å². The van der Waals surface area contributed by atoms with Crippen LogP contribution in [0.4, 0.5) is 4.79 Å². The highest BCUT2D eigenvalue weighted by Crippen LogP contribution is 2.43. The number of rotatable bonds is 6. The topological polar surface area (TPSA) is 112 Å². The van der Waals surface area contributed by atoms with Gasteiger partial charge in [0, 0.05) is 12.0 Å². The second-order valence-electron chi connectivity index (χ2n) is 5.76. The smallest absolute Gasteiger partial charge is 0.343 e. The molecule has 1 atom stereocenters. The van der Waals surface area contributed by atoms with E-state index in [1.165, 1.54) is 14.2 Å². The summed E-state index contributed by atoms with van der Waals surface area (Å²) < 4.78 is 16.1. The normalized spacial score (nSPS) is 15.7. The maximum atomic E-state index is 12.4. The molecule has 140 valence electrons. The molecule has 0 saturated carbocycles. The summed E-state index contributed by atoms with van der Waals surface area (Å²) in [6.45, 7) is 0. The van der Waals surface area contributed by atoms with E-state index >= 15 is 0 Å². The number of amides is 2. The fourth-order valence-corrected chi connectivity index (χ4v) is 2.98. The van der Waals surface area contributed by atoms with E-state index in [-0.39, 0.29) is 6.42 Å². The van der Waals surface area contributed by atoms with Gasteiger partial charge in [-0.3, -0.25) is 0 Å². The van der Waals surface area contributed by atoms with Gasteiger partial charge < -0.3 is 19.9 Å². The quantitative estimate of drug-likeness (QED) is 0.461. The first-order valence-electron chi connectivity index (χ1n) is 8.18. The number of nitrogens with one attached hydrogen (secondary N) is 1. The number of ether oxygens (including phenoxy) is 3. The number of carbonyl (C=O) groups excluding carboxylic acids is 2. The van der Waals surface area contributed by atoms with Crippen molar-refractivity contribution in [1.82, 2.24) is 5.43 Å². The van der Waals surface area contributed by atoms with Crippen molar-refractivity contribution in [2.45, 2.75) is 12.5 Å². The van der Waals surface area contributed by atoms with Gasteiger partial charge in [0.05, 0.1) is 19.9 Å². The van der Waals surface area contributed by atoms with Gasteiger partial charge in [0.15, 0.2) is 11.5 Å². The summed E-state index contributed by atoms with van der Waals surface area (Å²) in [5.41, 5.74) is 9.65.